The van der Waals surface area contributed by atoms with Crippen LogP contribution in [-0.4, -0.2) is 30.5 Å². The van der Waals surface area contributed by atoms with Crippen LogP contribution in [0.2, 0.25) is 0 Å². The number of carbonyl (C=O) groups excluding carboxylic acids is 2. The van der Waals surface area contributed by atoms with E-state index in [9.17, 15) is 18.0 Å². The van der Waals surface area contributed by atoms with Gasteiger partial charge < -0.3 is 0 Å². The Balaban J connectivity index is 2.22. The minimum absolute atomic E-state index is 0.186. The number of hydrogen-bond donors (Lipinski definition) is 0. The molecule has 0 N–H and O–H groups in total. The van der Waals surface area contributed by atoms with Crippen LogP contribution in [0.4, 0.5) is 0 Å². The highest BCUT2D eigenvalue weighted by molar-refractivity contribution is 7.94. The highest BCUT2D eigenvalue weighted by Crippen LogP contribution is 2.29. The summed E-state index contributed by atoms with van der Waals surface area (Å²) in [5.74, 6) is -0.371. The van der Waals surface area contributed by atoms with Crippen molar-refractivity contribution in [3.63, 3.8) is 0 Å². The first-order valence-electron chi connectivity index (χ1n) is 6.31. The zero-order chi connectivity index (χ0) is 12.5. The van der Waals surface area contributed by atoms with Crippen LogP contribution in [0.3, 0.4) is 0 Å². The molecule has 96 valence electrons. The molecule has 2 aliphatic rings. The van der Waals surface area contributed by atoms with Gasteiger partial charge in [0.25, 0.3) is 0 Å². The smallest absolute Gasteiger partial charge is 0.170 e. The zero-order valence-electron chi connectivity index (χ0n) is 9.85. The van der Waals surface area contributed by atoms with Gasteiger partial charge in [0.2, 0.25) is 0 Å². The van der Waals surface area contributed by atoms with E-state index in [1.54, 1.807) is 0 Å². The fourth-order valence-corrected chi connectivity index (χ4v) is 5.15. The molecule has 0 bridgehead atoms. The summed E-state index contributed by atoms with van der Waals surface area (Å²) in [4.78, 5) is 23.4. The average molecular weight is 258 g/mol. The van der Waals surface area contributed by atoms with Gasteiger partial charge in [-0.25, -0.2) is 8.42 Å². The molecule has 2 atom stereocenters. The van der Waals surface area contributed by atoms with Gasteiger partial charge in [-0.3, -0.25) is 9.59 Å². The van der Waals surface area contributed by atoms with Crippen LogP contribution < -0.4 is 0 Å². The first-order valence-corrected chi connectivity index (χ1v) is 7.92. The summed E-state index contributed by atoms with van der Waals surface area (Å²) in [6.45, 7) is 0. The van der Waals surface area contributed by atoms with E-state index in [1.165, 1.54) is 0 Å². The van der Waals surface area contributed by atoms with E-state index in [2.05, 4.69) is 0 Å². The molecule has 2 rings (SSSR count). The first kappa shape index (κ1) is 12.7. The van der Waals surface area contributed by atoms with Gasteiger partial charge in [-0.15, -0.1) is 0 Å². The molecule has 0 aromatic heterocycles. The van der Waals surface area contributed by atoms with E-state index in [-0.39, 0.29) is 11.6 Å². The molecular formula is C12H18O4S. The third-order valence-electron chi connectivity index (χ3n) is 3.79. The van der Waals surface area contributed by atoms with Crippen molar-refractivity contribution in [1.82, 2.24) is 0 Å². The van der Waals surface area contributed by atoms with E-state index < -0.39 is 20.3 Å². The van der Waals surface area contributed by atoms with Gasteiger partial charge in [-0.2, -0.15) is 0 Å². The molecule has 0 saturated heterocycles. The summed E-state index contributed by atoms with van der Waals surface area (Å²) >= 11 is 0. The van der Waals surface area contributed by atoms with Crippen LogP contribution in [0.25, 0.3) is 0 Å². The Bertz CT molecular complexity index is 390. The monoisotopic (exact) mass is 258 g/mol. The number of rotatable bonds is 2. The number of sulfone groups is 1. The van der Waals surface area contributed by atoms with Crippen molar-refractivity contribution in [1.29, 1.82) is 0 Å². The Morgan fingerprint density at radius 3 is 1.53 bits per heavy atom. The van der Waals surface area contributed by atoms with Crippen LogP contribution in [0.5, 0.6) is 0 Å². The molecule has 2 aliphatic carbocycles. The Morgan fingerprint density at radius 1 is 0.765 bits per heavy atom. The Kier molecular flexibility index (Phi) is 3.66. The molecule has 17 heavy (non-hydrogen) atoms. The summed E-state index contributed by atoms with van der Waals surface area (Å²) < 4.78 is 24.6. The highest BCUT2D eigenvalue weighted by atomic mass is 32.2. The normalized spacial score (nSPS) is 31.5. The van der Waals surface area contributed by atoms with Crippen LogP contribution in [0.1, 0.15) is 51.4 Å². The molecule has 2 saturated carbocycles. The summed E-state index contributed by atoms with van der Waals surface area (Å²) in [7, 11) is -3.58. The maximum absolute atomic E-state index is 12.3. The molecule has 0 amide bonds. The second-order valence-corrected chi connectivity index (χ2v) is 7.31. The van der Waals surface area contributed by atoms with Crippen molar-refractivity contribution in [3.05, 3.63) is 0 Å². The molecule has 0 heterocycles. The number of Topliss-reactive ketones (excluding diaryl/α,β-unsaturated/α-hetero) is 2. The molecule has 2 fully saturated rings. The Morgan fingerprint density at radius 2 is 1.18 bits per heavy atom. The SMILES string of the molecule is O=C1CCCCC1S(=O)(=O)C1CCCCC1=O. The number of carbonyl (C=O) groups is 2. The van der Waals surface area contributed by atoms with Gasteiger partial charge in [-0.05, 0) is 25.7 Å². The molecule has 0 radical (unpaired) electrons. The van der Waals surface area contributed by atoms with Gasteiger partial charge in [0.15, 0.2) is 21.4 Å². The molecule has 0 aromatic carbocycles. The lowest BCUT2D eigenvalue weighted by atomic mass is 9.98. The minimum atomic E-state index is -3.58. The summed E-state index contributed by atoms with van der Waals surface area (Å²) in [5.41, 5.74) is 0. The van der Waals surface area contributed by atoms with Gasteiger partial charge in [-0.1, -0.05) is 12.8 Å². The minimum Gasteiger partial charge on any atom is -0.298 e. The lowest BCUT2D eigenvalue weighted by Crippen LogP contribution is -2.44. The van der Waals surface area contributed by atoms with Gasteiger partial charge in [0, 0.05) is 12.8 Å². The topological polar surface area (TPSA) is 68.3 Å². The first-order chi connectivity index (χ1) is 8.03. The van der Waals surface area contributed by atoms with E-state index >= 15 is 0 Å². The molecular weight excluding hydrogens is 240 g/mol. The fourth-order valence-electron chi connectivity index (χ4n) is 2.80. The van der Waals surface area contributed by atoms with Crippen LogP contribution in [0, 0.1) is 0 Å². The van der Waals surface area contributed by atoms with E-state index in [1.807, 2.05) is 0 Å². The lowest BCUT2D eigenvalue weighted by Gasteiger charge is -2.27. The van der Waals surface area contributed by atoms with Crippen LogP contribution in [0.15, 0.2) is 0 Å². The number of ketones is 2. The molecule has 0 aliphatic heterocycles. The maximum Gasteiger partial charge on any atom is 0.170 e. The largest absolute Gasteiger partial charge is 0.298 e. The fraction of sp³-hybridized carbons (Fsp3) is 0.833. The zero-order valence-corrected chi connectivity index (χ0v) is 10.7. The third kappa shape index (κ3) is 2.44. The van der Waals surface area contributed by atoms with Crippen LogP contribution in [-0.2, 0) is 19.4 Å². The summed E-state index contributed by atoms with van der Waals surface area (Å²) in [6.07, 6.45) is 4.63. The van der Waals surface area contributed by atoms with Crippen molar-refractivity contribution in [2.24, 2.45) is 0 Å². The predicted octanol–water partition coefficient (Wildman–Crippen LogP) is 1.42. The average Bonchev–Trinajstić information content (AvgIpc) is 2.29. The third-order valence-corrected chi connectivity index (χ3v) is 6.37. The Labute approximate surface area is 102 Å². The second kappa shape index (κ2) is 4.88. The Hall–Kier alpha value is -0.710. The van der Waals surface area contributed by atoms with Gasteiger partial charge >= 0.3 is 0 Å². The molecule has 5 heteroatoms. The van der Waals surface area contributed by atoms with E-state index in [4.69, 9.17) is 0 Å². The quantitative estimate of drug-likeness (QED) is 0.751. The van der Waals surface area contributed by atoms with E-state index in [0.717, 1.165) is 25.7 Å². The molecule has 0 spiro atoms. The molecule has 4 nitrogen and oxygen atoms in total. The lowest BCUT2D eigenvalue weighted by molar-refractivity contribution is -0.119. The van der Waals surface area contributed by atoms with E-state index in [0.29, 0.717) is 25.7 Å². The molecule has 0 aromatic rings. The summed E-state index contributed by atoms with van der Waals surface area (Å²) in [6, 6.07) is 0. The van der Waals surface area contributed by atoms with Gasteiger partial charge in [0.05, 0.1) is 0 Å². The van der Waals surface area contributed by atoms with Gasteiger partial charge in [0.1, 0.15) is 10.5 Å². The van der Waals surface area contributed by atoms with Crippen molar-refractivity contribution < 1.29 is 18.0 Å². The van der Waals surface area contributed by atoms with Crippen molar-refractivity contribution >= 4 is 21.4 Å². The highest BCUT2D eigenvalue weighted by Gasteiger charge is 2.43. The van der Waals surface area contributed by atoms with Crippen molar-refractivity contribution in [2.75, 3.05) is 0 Å². The second-order valence-electron chi connectivity index (χ2n) is 4.99. The van der Waals surface area contributed by atoms with Crippen molar-refractivity contribution in [3.8, 4) is 0 Å². The number of hydrogen-bond acceptors (Lipinski definition) is 4. The summed E-state index contributed by atoms with van der Waals surface area (Å²) in [5, 5.41) is -1.80. The molecule has 2 unspecified atom stereocenters. The standard InChI is InChI=1S/C12H18O4S/c13-9-5-1-3-7-11(9)17(15,16)12-8-4-2-6-10(12)14/h11-12H,1-8H2. The van der Waals surface area contributed by atoms with Crippen LogP contribution >= 0.6 is 0 Å². The van der Waals surface area contributed by atoms with Crippen molar-refractivity contribution in [2.45, 2.75) is 61.9 Å². The predicted molar refractivity (Wildman–Crippen MR) is 63.4 cm³/mol. The maximum atomic E-state index is 12.3.